The van der Waals surface area contributed by atoms with Gasteiger partial charge >= 0.3 is 5.97 Å². The Morgan fingerprint density at radius 3 is 2.15 bits per heavy atom. The summed E-state index contributed by atoms with van der Waals surface area (Å²) in [5.74, 6) is -0.126. The van der Waals surface area contributed by atoms with Gasteiger partial charge in [-0.05, 0) is 23.6 Å². The van der Waals surface area contributed by atoms with Crippen LogP contribution < -0.4 is 0 Å². The highest BCUT2D eigenvalue weighted by molar-refractivity contribution is 5.77. The molecule has 0 aliphatic heterocycles. The second-order valence-corrected chi connectivity index (χ2v) is 5.05. The molecule has 2 rings (SSSR count). The third kappa shape index (κ3) is 3.08. The summed E-state index contributed by atoms with van der Waals surface area (Å²) in [7, 11) is 1.43. The average molecular weight is 268 g/mol. The van der Waals surface area contributed by atoms with Crippen LogP contribution in [0.4, 0.5) is 0 Å². The number of esters is 1. The largest absolute Gasteiger partial charge is 0.469 e. The van der Waals surface area contributed by atoms with Crippen molar-refractivity contribution in [1.29, 1.82) is 0 Å². The molecule has 2 nitrogen and oxygen atoms in total. The minimum absolute atomic E-state index is 0.200. The summed E-state index contributed by atoms with van der Waals surface area (Å²) in [6.45, 7) is 4.05. The highest BCUT2D eigenvalue weighted by atomic mass is 16.5. The summed E-state index contributed by atoms with van der Waals surface area (Å²) in [4.78, 5) is 11.6. The van der Waals surface area contributed by atoms with Crippen LogP contribution in [-0.4, -0.2) is 13.1 Å². The van der Waals surface area contributed by atoms with E-state index in [1.807, 2.05) is 37.3 Å². The van der Waals surface area contributed by atoms with E-state index in [0.717, 1.165) is 5.56 Å². The van der Waals surface area contributed by atoms with E-state index < -0.39 is 0 Å². The first-order valence-corrected chi connectivity index (χ1v) is 6.86. The number of rotatable bonds is 4. The van der Waals surface area contributed by atoms with E-state index in [0.29, 0.717) is 5.92 Å². The number of carbonyl (C=O) groups is 1. The lowest BCUT2D eigenvalue weighted by atomic mass is 9.90. The van der Waals surface area contributed by atoms with Crippen LogP contribution in [0, 0.1) is 0 Å². The van der Waals surface area contributed by atoms with Crippen LogP contribution in [0.1, 0.15) is 42.4 Å². The maximum Gasteiger partial charge on any atom is 0.312 e. The van der Waals surface area contributed by atoms with Crippen LogP contribution in [-0.2, 0) is 9.53 Å². The third-order valence-corrected chi connectivity index (χ3v) is 3.76. The lowest BCUT2D eigenvalue weighted by Gasteiger charge is -2.15. The Balaban J connectivity index is 2.28. The molecule has 0 fully saturated rings. The first-order valence-electron chi connectivity index (χ1n) is 6.86. The topological polar surface area (TPSA) is 26.3 Å². The maximum absolute atomic E-state index is 11.6. The van der Waals surface area contributed by atoms with E-state index >= 15 is 0 Å². The molecule has 0 aliphatic rings. The number of carbonyl (C=O) groups excluding carboxylic acids is 1. The first kappa shape index (κ1) is 14.3. The van der Waals surface area contributed by atoms with Crippen molar-refractivity contribution in [3.05, 3.63) is 71.3 Å². The summed E-state index contributed by atoms with van der Waals surface area (Å²) in [5.41, 5.74) is 3.48. The van der Waals surface area contributed by atoms with E-state index in [1.165, 1.54) is 18.2 Å². The van der Waals surface area contributed by atoms with Crippen molar-refractivity contribution >= 4 is 5.97 Å². The van der Waals surface area contributed by atoms with Gasteiger partial charge in [0.2, 0.25) is 0 Å². The predicted molar refractivity (Wildman–Crippen MR) is 80.8 cm³/mol. The minimum Gasteiger partial charge on any atom is -0.469 e. The van der Waals surface area contributed by atoms with Crippen LogP contribution in [0.15, 0.2) is 54.6 Å². The second kappa shape index (κ2) is 6.38. The lowest BCUT2D eigenvalue weighted by Crippen LogP contribution is -2.11. The molecule has 0 amide bonds. The molecule has 2 heteroatoms. The van der Waals surface area contributed by atoms with Crippen LogP contribution >= 0.6 is 0 Å². The molecule has 0 spiro atoms. The molecule has 2 aromatic carbocycles. The van der Waals surface area contributed by atoms with E-state index in [4.69, 9.17) is 4.74 Å². The molecule has 20 heavy (non-hydrogen) atoms. The first-order chi connectivity index (χ1) is 9.63. The van der Waals surface area contributed by atoms with Gasteiger partial charge in [-0.25, -0.2) is 0 Å². The Bertz CT molecular complexity index is 575. The zero-order valence-corrected chi connectivity index (χ0v) is 12.2. The van der Waals surface area contributed by atoms with Crippen LogP contribution in [0.2, 0.25) is 0 Å². The summed E-state index contributed by atoms with van der Waals surface area (Å²) in [6, 6.07) is 18.5. The fourth-order valence-corrected chi connectivity index (χ4v) is 2.34. The van der Waals surface area contributed by atoms with Gasteiger partial charge in [0.15, 0.2) is 0 Å². The quantitative estimate of drug-likeness (QED) is 0.780. The molecule has 0 bridgehead atoms. The van der Waals surface area contributed by atoms with Crippen molar-refractivity contribution in [1.82, 2.24) is 0 Å². The van der Waals surface area contributed by atoms with Crippen LogP contribution in [0.5, 0.6) is 0 Å². The van der Waals surface area contributed by atoms with Crippen molar-refractivity contribution in [2.24, 2.45) is 0 Å². The molecule has 0 saturated heterocycles. The highest BCUT2D eigenvalue weighted by Crippen LogP contribution is 2.27. The monoisotopic (exact) mass is 268 g/mol. The van der Waals surface area contributed by atoms with Crippen molar-refractivity contribution < 1.29 is 9.53 Å². The SMILES string of the molecule is COC(=O)[C@H](C)c1cccc([C@H](C)c2ccccc2)c1. The summed E-state index contributed by atoms with van der Waals surface area (Å²) in [6.07, 6.45) is 0. The van der Waals surface area contributed by atoms with Gasteiger partial charge in [0.1, 0.15) is 0 Å². The standard InChI is InChI=1S/C18H20O2/c1-13(15-8-5-4-6-9-15)16-10-7-11-17(12-16)14(2)18(19)20-3/h4-14H,1-3H3/t13-,14-/m1/s1. The molecular weight excluding hydrogens is 248 g/mol. The van der Waals surface area contributed by atoms with E-state index in [-0.39, 0.29) is 11.9 Å². The summed E-state index contributed by atoms with van der Waals surface area (Å²) >= 11 is 0. The lowest BCUT2D eigenvalue weighted by molar-refractivity contribution is -0.141. The Morgan fingerprint density at radius 2 is 1.50 bits per heavy atom. The third-order valence-electron chi connectivity index (χ3n) is 3.76. The van der Waals surface area contributed by atoms with Crippen molar-refractivity contribution in [3.63, 3.8) is 0 Å². The number of ether oxygens (including phenoxy) is 1. The second-order valence-electron chi connectivity index (χ2n) is 5.05. The predicted octanol–water partition coefficient (Wildman–Crippen LogP) is 4.11. The Labute approximate surface area is 120 Å². The summed E-state index contributed by atoms with van der Waals surface area (Å²) < 4.78 is 4.81. The van der Waals surface area contributed by atoms with Crippen molar-refractivity contribution in [3.8, 4) is 0 Å². The molecule has 0 aliphatic carbocycles. The number of methoxy groups -OCH3 is 1. The van der Waals surface area contributed by atoms with Crippen molar-refractivity contribution in [2.75, 3.05) is 7.11 Å². The number of hydrogen-bond acceptors (Lipinski definition) is 2. The Kier molecular flexibility index (Phi) is 4.57. The van der Waals surface area contributed by atoms with Gasteiger partial charge in [-0.15, -0.1) is 0 Å². The van der Waals surface area contributed by atoms with E-state index in [1.54, 1.807) is 0 Å². The minimum atomic E-state index is -0.233. The normalized spacial score (nSPS) is 13.6. The summed E-state index contributed by atoms with van der Waals surface area (Å²) in [5, 5.41) is 0. The van der Waals surface area contributed by atoms with E-state index in [2.05, 4.69) is 31.2 Å². The molecule has 0 radical (unpaired) electrons. The Morgan fingerprint density at radius 1 is 0.900 bits per heavy atom. The fourth-order valence-electron chi connectivity index (χ4n) is 2.34. The fraction of sp³-hybridized carbons (Fsp3) is 0.278. The molecular formula is C18H20O2. The molecule has 104 valence electrons. The maximum atomic E-state index is 11.6. The highest BCUT2D eigenvalue weighted by Gasteiger charge is 2.17. The van der Waals surface area contributed by atoms with Gasteiger partial charge in [0, 0.05) is 5.92 Å². The van der Waals surface area contributed by atoms with E-state index in [9.17, 15) is 4.79 Å². The number of benzene rings is 2. The van der Waals surface area contributed by atoms with Gasteiger partial charge in [-0.2, -0.15) is 0 Å². The molecule has 2 atom stereocenters. The van der Waals surface area contributed by atoms with Gasteiger partial charge < -0.3 is 4.74 Å². The molecule has 0 N–H and O–H groups in total. The van der Waals surface area contributed by atoms with Gasteiger partial charge in [0.25, 0.3) is 0 Å². The zero-order chi connectivity index (χ0) is 14.5. The molecule has 0 aromatic heterocycles. The molecule has 0 heterocycles. The van der Waals surface area contributed by atoms with Crippen molar-refractivity contribution in [2.45, 2.75) is 25.7 Å². The molecule has 0 saturated carbocycles. The average Bonchev–Trinajstić information content (AvgIpc) is 2.53. The smallest absolute Gasteiger partial charge is 0.312 e. The van der Waals surface area contributed by atoms with Gasteiger partial charge in [-0.1, -0.05) is 61.5 Å². The zero-order valence-electron chi connectivity index (χ0n) is 12.2. The van der Waals surface area contributed by atoms with Gasteiger partial charge in [-0.3, -0.25) is 4.79 Å². The van der Waals surface area contributed by atoms with Crippen LogP contribution in [0.3, 0.4) is 0 Å². The van der Waals surface area contributed by atoms with Gasteiger partial charge in [0.05, 0.1) is 13.0 Å². The number of hydrogen-bond donors (Lipinski definition) is 0. The Hall–Kier alpha value is -2.09. The molecule has 2 aromatic rings. The molecule has 0 unspecified atom stereocenters. The van der Waals surface area contributed by atoms with Crippen LogP contribution in [0.25, 0.3) is 0 Å².